The normalized spacial score (nSPS) is 16.2. The molecule has 3 N–H and O–H groups in total. The molecule has 11 heteroatoms. The molecule has 3 rings (SSSR count). The van der Waals surface area contributed by atoms with Crippen LogP contribution < -0.4 is 5.73 Å². The van der Waals surface area contributed by atoms with Gasteiger partial charge in [-0.3, -0.25) is 4.90 Å². The predicted molar refractivity (Wildman–Crippen MR) is 66.7 cm³/mol. The number of nitrogens with two attached hydrogens (primary N) is 1. The fourth-order valence-electron chi connectivity index (χ4n) is 2.09. The number of nitrogens with zero attached hydrogens (tertiary/aromatic N) is 6. The van der Waals surface area contributed by atoms with Crippen LogP contribution in [0.2, 0.25) is 0 Å². The van der Waals surface area contributed by atoms with Crippen molar-refractivity contribution in [3.63, 3.8) is 0 Å². The molecule has 3 heterocycles. The first-order chi connectivity index (χ1) is 10.2. The first kappa shape index (κ1) is 13.5. The van der Waals surface area contributed by atoms with Crippen LogP contribution in [0.5, 0.6) is 0 Å². The van der Waals surface area contributed by atoms with Crippen molar-refractivity contribution in [1.82, 2.24) is 30.2 Å². The third kappa shape index (κ3) is 2.55. The number of anilines is 1. The number of hydrogen-bond donors (Lipinski definition) is 2. The van der Waals surface area contributed by atoms with Gasteiger partial charge in [0.25, 0.3) is 0 Å². The summed E-state index contributed by atoms with van der Waals surface area (Å²) < 4.78 is 11.0. The van der Waals surface area contributed by atoms with Gasteiger partial charge in [0.15, 0.2) is 5.69 Å². The lowest BCUT2D eigenvalue weighted by Crippen LogP contribution is -2.36. The first-order valence-corrected chi connectivity index (χ1v) is 6.23. The topological polar surface area (TPSA) is 145 Å². The number of carbonyl (C=O) groups is 1. The number of aromatic nitrogens is 5. The van der Waals surface area contributed by atoms with E-state index in [9.17, 15) is 9.90 Å². The lowest BCUT2D eigenvalue weighted by atomic mass is 10.2. The highest BCUT2D eigenvalue weighted by Gasteiger charge is 2.25. The number of ether oxygens (including phenoxy) is 1. The van der Waals surface area contributed by atoms with E-state index in [0.717, 1.165) is 0 Å². The van der Waals surface area contributed by atoms with Gasteiger partial charge in [0.2, 0.25) is 11.6 Å². The number of rotatable bonds is 4. The van der Waals surface area contributed by atoms with Crippen LogP contribution in [0.1, 0.15) is 16.2 Å². The standard InChI is InChI=1S/C10H13N7O4/c11-8-9(14-21-13-8)17-6(7(10(18)19)12-15-17)5-16-1-3-20-4-2-16/h1-5H2,(H2,11,13)(H,18,19). The minimum absolute atomic E-state index is 0.0140. The van der Waals surface area contributed by atoms with Gasteiger partial charge in [-0.15, -0.1) is 5.10 Å². The summed E-state index contributed by atoms with van der Waals surface area (Å²) in [5, 5.41) is 23.8. The molecule has 2 aromatic heterocycles. The number of morpholine rings is 1. The third-order valence-corrected chi connectivity index (χ3v) is 3.14. The molecular weight excluding hydrogens is 282 g/mol. The van der Waals surface area contributed by atoms with Crippen LogP contribution in [0.15, 0.2) is 4.63 Å². The minimum Gasteiger partial charge on any atom is -0.476 e. The number of aromatic carboxylic acids is 1. The molecule has 11 nitrogen and oxygen atoms in total. The molecule has 1 fully saturated rings. The third-order valence-electron chi connectivity index (χ3n) is 3.14. The maximum absolute atomic E-state index is 11.3. The second-order valence-electron chi connectivity index (χ2n) is 4.46. The van der Waals surface area contributed by atoms with E-state index >= 15 is 0 Å². The number of nitrogen functional groups attached to an aromatic ring is 1. The zero-order valence-corrected chi connectivity index (χ0v) is 11.0. The Hall–Kier alpha value is -2.53. The lowest BCUT2D eigenvalue weighted by molar-refractivity contribution is 0.0330. The smallest absolute Gasteiger partial charge is 0.358 e. The molecule has 0 radical (unpaired) electrons. The zero-order chi connectivity index (χ0) is 14.8. The number of hydrogen-bond acceptors (Lipinski definition) is 9. The van der Waals surface area contributed by atoms with Crippen molar-refractivity contribution in [1.29, 1.82) is 0 Å². The van der Waals surface area contributed by atoms with E-state index in [1.807, 2.05) is 4.90 Å². The fraction of sp³-hybridized carbons (Fsp3) is 0.500. The van der Waals surface area contributed by atoms with Crippen LogP contribution >= 0.6 is 0 Å². The zero-order valence-electron chi connectivity index (χ0n) is 11.0. The number of carboxylic acids is 1. The Labute approximate surface area is 118 Å². The van der Waals surface area contributed by atoms with Crippen molar-refractivity contribution in [3.8, 4) is 5.82 Å². The van der Waals surface area contributed by atoms with Crippen molar-refractivity contribution in [3.05, 3.63) is 11.4 Å². The molecular formula is C10H13N7O4. The summed E-state index contributed by atoms with van der Waals surface area (Å²) in [4.78, 5) is 13.3. The van der Waals surface area contributed by atoms with Crippen molar-refractivity contribution >= 4 is 11.8 Å². The molecule has 21 heavy (non-hydrogen) atoms. The monoisotopic (exact) mass is 295 g/mol. The van der Waals surface area contributed by atoms with Crippen LogP contribution in [-0.2, 0) is 11.3 Å². The van der Waals surface area contributed by atoms with E-state index in [1.54, 1.807) is 0 Å². The van der Waals surface area contributed by atoms with Gasteiger partial charge in [-0.2, -0.15) is 4.68 Å². The Bertz CT molecular complexity index is 646. The Balaban J connectivity index is 1.97. The van der Waals surface area contributed by atoms with Gasteiger partial charge in [-0.1, -0.05) is 5.21 Å². The molecule has 2 aromatic rings. The second kappa shape index (κ2) is 5.46. The van der Waals surface area contributed by atoms with Gasteiger partial charge in [0, 0.05) is 19.6 Å². The SMILES string of the molecule is Nc1nonc1-n1nnc(C(=O)O)c1CN1CCOCC1. The summed E-state index contributed by atoms with van der Waals surface area (Å²) in [5.41, 5.74) is 5.84. The van der Waals surface area contributed by atoms with Gasteiger partial charge in [-0.25, -0.2) is 9.42 Å². The Morgan fingerprint density at radius 3 is 2.71 bits per heavy atom. The van der Waals surface area contributed by atoms with Crippen molar-refractivity contribution < 1.29 is 19.3 Å². The van der Waals surface area contributed by atoms with Crippen molar-refractivity contribution in [2.45, 2.75) is 6.54 Å². The highest BCUT2D eigenvalue weighted by atomic mass is 16.6. The van der Waals surface area contributed by atoms with E-state index in [1.165, 1.54) is 4.68 Å². The van der Waals surface area contributed by atoms with E-state index < -0.39 is 5.97 Å². The van der Waals surface area contributed by atoms with Crippen molar-refractivity contribution in [2.75, 3.05) is 32.0 Å². The van der Waals surface area contributed by atoms with E-state index in [-0.39, 0.29) is 17.3 Å². The van der Waals surface area contributed by atoms with Crippen LogP contribution in [0.3, 0.4) is 0 Å². The largest absolute Gasteiger partial charge is 0.476 e. The van der Waals surface area contributed by atoms with Crippen LogP contribution in [0.4, 0.5) is 5.82 Å². The Morgan fingerprint density at radius 2 is 2.10 bits per heavy atom. The average molecular weight is 295 g/mol. The van der Waals surface area contributed by atoms with E-state index in [4.69, 9.17) is 10.5 Å². The van der Waals surface area contributed by atoms with E-state index in [0.29, 0.717) is 38.5 Å². The summed E-state index contributed by atoms with van der Waals surface area (Å²) in [6.45, 7) is 2.91. The second-order valence-corrected chi connectivity index (χ2v) is 4.46. The summed E-state index contributed by atoms with van der Waals surface area (Å²) in [6.07, 6.45) is 0. The fourth-order valence-corrected chi connectivity index (χ4v) is 2.09. The molecule has 0 spiro atoms. The summed E-state index contributed by atoms with van der Waals surface area (Å²) in [6, 6.07) is 0. The molecule has 0 amide bonds. The van der Waals surface area contributed by atoms with Gasteiger partial charge in [0.1, 0.15) is 0 Å². The van der Waals surface area contributed by atoms with Gasteiger partial charge < -0.3 is 15.6 Å². The maximum atomic E-state index is 11.3. The molecule has 0 aliphatic carbocycles. The molecule has 112 valence electrons. The van der Waals surface area contributed by atoms with Crippen LogP contribution in [-0.4, -0.2) is 67.6 Å². The van der Waals surface area contributed by atoms with Gasteiger partial charge >= 0.3 is 5.97 Å². The van der Waals surface area contributed by atoms with Gasteiger partial charge in [-0.05, 0) is 10.3 Å². The molecule has 0 aromatic carbocycles. The minimum atomic E-state index is -1.17. The molecule has 1 saturated heterocycles. The highest BCUT2D eigenvalue weighted by Crippen LogP contribution is 2.17. The summed E-state index contributed by atoms with van der Waals surface area (Å²) >= 11 is 0. The molecule has 0 unspecified atom stereocenters. The quantitative estimate of drug-likeness (QED) is 0.702. The number of carboxylic acid groups (broad SMARTS) is 1. The Kier molecular flexibility index (Phi) is 3.50. The van der Waals surface area contributed by atoms with Gasteiger partial charge in [0.05, 0.1) is 18.9 Å². The van der Waals surface area contributed by atoms with E-state index in [2.05, 4.69) is 25.3 Å². The molecule has 1 aliphatic heterocycles. The molecule has 0 atom stereocenters. The molecule has 1 aliphatic rings. The Morgan fingerprint density at radius 1 is 1.33 bits per heavy atom. The summed E-state index contributed by atoms with van der Waals surface area (Å²) in [5.74, 6) is -1.03. The average Bonchev–Trinajstić information content (AvgIpc) is 3.06. The molecule has 0 saturated carbocycles. The van der Waals surface area contributed by atoms with Crippen LogP contribution in [0, 0.1) is 0 Å². The summed E-state index contributed by atoms with van der Waals surface area (Å²) in [7, 11) is 0. The van der Waals surface area contributed by atoms with Crippen molar-refractivity contribution in [2.24, 2.45) is 0 Å². The molecule has 0 bridgehead atoms. The lowest BCUT2D eigenvalue weighted by Gasteiger charge is -2.26. The maximum Gasteiger partial charge on any atom is 0.358 e. The van der Waals surface area contributed by atoms with Crippen LogP contribution in [0.25, 0.3) is 5.82 Å². The highest BCUT2D eigenvalue weighted by molar-refractivity contribution is 5.86. The first-order valence-electron chi connectivity index (χ1n) is 6.23. The predicted octanol–water partition coefficient (Wildman–Crippen LogP) is -1.24.